The average molecular weight is 444 g/mol. The summed E-state index contributed by atoms with van der Waals surface area (Å²) < 4.78 is 1.90. The van der Waals surface area contributed by atoms with Crippen LogP contribution in [-0.4, -0.2) is 79.9 Å². The van der Waals surface area contributed by atoms with Crippen molar-refractivity contribution in [3.8, 4) is 0 Å². The lowest BCUT2D eigenvalue weighted by atomic mass is 10.00. The molecule has 31 heavy (non-hydrogen) atoms. The van der Waals surface area contributed by atoms with Gasteiger partial charge in [0, 0.05) is 56.3 Å². The maximum absolute atomic E-state index is 12.9. The fourth-order valence-corrected chi connectivity index (χ4v) is 5.12. The molecule has 0 aromatic carbocycles. The van der Waals surface area contributed by atoms with Crippen LogP contribution in [0, 0.1) is 0 Å². The summed E-state index contributed by atoms with van der Waals surface area (Å²) in [4.78, 5) is 30.4. The molecule has 0 bridgehead atoms. The molecule has 0 radical (unpaired) electrons. The number of rotatable bonds is 5. The number of fused-ring (bicyclic) bond motifs is 1. The minimum Gasteiger partial charge on any atom is -0.394 e. The van der Waals surface area contributed by atoms with Crippen LogP contribution in [0.15, 0.2) is 30.2 Å². The zero-order valence-electron chi connectivity index (χ0n) is 17.0. The normalized spacial score (nSPS) is 22.4. The van der Waals surface area contributed by atoms with Crippen LogP contribution in [0.3, 0.4) is 0 Å². The van der Waals surface area contributed by atoms with Crippen molar-refractivity contribution in [2.75, 3.05) is 42.6 Å². The largest absolute Gasteiger partial charge is 0.394 e. The molecular weight excluding hydrogens is 418 g/mol. The van der Waals surface area contributed by atoms with Crippen LogP contribution in [0.2, 0.25) is 0 Å². The number of thiazole rings is 1. The van der Waals surface area contributed by atoms with Crippen molar-refractivity contribution in [3.05, 3.63) is 35.9 Å². The van der Waals surface area contributed by atoms with Gasteiger partial charge in [0.25, 0.3) is 5.91 Å². The fraction of sp³-hybridized carbons (Fsp3) is 0.500. The smallest absolute Gasteiger partial charge is 0.271 e. The molecule has 1 amide bonds. The highest BCUT2D eigenvalue weighted by Crippen LogP contribution is 2.29. The summed E-state index contributed by atoms with van der Waals surface area (Å²) in [6.45, 7) is 2.39. The summed E-state index contributed by atoms with van der Waals surface area (Å²) in [6, 6.07) is 0. The standard InChI is InChI=1S/C20H25N7O3S/c28-13-20(3-8-27(12-20)17-16-21-4-9-25(16)10-5-22-17)24-18(30)15-11-31-19(23-15)26-6-1-14(29)2-7-26/h4-5,9-11,14,28-29H,1-3,6-8,12-13H2,(H,24,30). The monoisotopic (exact) mass is 443 g/mol. The van der Waals surface area contributed by atoms with E-state index in [2.05, 4.69) is 25.2 Å². The van der Waals surface area contributed by atoms with E-state index in [1.807, 2.05) is 21.7 Å². The van der Waals surface area contributed by atoms with Crippen LogP contribution in [0.25, 0.3) is 5.65 Å². The average Bonchev–Trinajstić information content (AvgIpc) is 3.53. The van der Waals surface area contributed by atoms with Gasteiger partial charge in [-0.15, -0.1) is 11.3 Å². The molecule has 0 spiro atoms. The van der Waals surface area contributed by atoms with E-state index >= 15 is 0 Å². The Morgan fingerprint density at radius 2 is 1.97 bits per heavy atom. The molecule has 10 nitrogen and oxygen atoms in total. The van der Waals surface area contributed by atoms with Crippen molar-refractivity contribution in [1.29, 1.82) is 0 Å². The van der Waals surface area contributed by atoms with Crippen molar-refractivity contribution in [2.24, 2.45) is 0 Å². The Balaban J connectivity index is 1.29. The van der Waals surface area contributed by atoms with Gasteiger partial charge in [-0.1, -0.05) is 0 Å². The lowest BCUT2D eigenvalue weighted by Crippen LogP contribution is -2.53. The number of piperidine rings is 1. The van der Waals surface area contributed by atoms with Crippen LogP contribution in [0.5, 0.6) is 0 Å². The third-order valence-electron chi connectivity index (χ3n) is 6.09. The van der Waals surface area contributed by atoms with Gasteiger partial charge in [-0.2, -0.15) is 0 Å². The molecule has 1 unspecified atom stereocenters. The van der Waals surface area contributed by atoms with E-state index in [1.54, 1.807) is 17.8 Å². The van der Waals surface area contributed by atoms with E-state index in [9.17, 15) is 15.0 Å². The minimum atomic E-state index is -0.767. The highest BCUT2D eigenvalue weighted by Gasteiger charge is 2.40. The quantitative estimate of drug-likeness (QED) is 0.522. The zero-order valence-corrected chi connectivity index (χ0v) is 17.8. The summed E-state index contributed by atoms with van der Waals surface area (Å²) in [7, 11) is 0. The van der Waals surface area contributed by atoms with E-state index in [-0.39, 0.29) is 18.6 Å². The number of aliphatic hydroxyl groups is 2. The first-order valence-corrected chi connectivity index (χ1v) is 11.3. The SMILES string of the molecule is O=C(NC1(CO)CCN(c2nccn3ccnc23)C1)c1csc(N2CCC(O)CC2)n1. The second-order valence-corrected chi connectivity index (χ2v) is 9.04. The Morgan fingerprint density at radius 3 is 2.74 bits per heavy atom. The van der Waals surface area contributed by atoms with Crippen LogP contribution >= 0.6 is 11.3 Å². The first-order valence-electron chi connectivity index (χ1n) is 10.4. The number of aromatic nitrogens is 4. The molecule has 3 aromatic heterocycles. The third-order valence-corrected chi connectivity index (χ3v) is 6.99. The first kappa shape index (κ1) is 20.2. The Bertz CT molecular complexity index is 1080. The number of aliphatic hydroxyl groups excluding tert-OH is 2. The Labute approximate surface area is 183 Å². The topological polar surface area (TPSA) is 119 Å². The summed E-state index contributed by atoms with van der Waals surface area (Å²) in [5.41, 5.74) is 0.334. The number of nitrogens with one attached hydrogen (secondary N) is 1. The lowest BCUT2D eigenvalue weighted by Gasteiger charge is -2.29. The molecule has 0 saturated carbocycles. The molecule has 2 aliphatic rings. The van der Waals surface area contributed by atoms with Crippen LogP contribution < -0.4 is 15.1 Å². The van der Waals surface area contributed by atoms with E-state index in [4.69, 9.17) is 0 Å². The predicted molar refractivity (Wildman–Crippen MR) is 117 cm³/mol. The summed E-state index contributed by atoms with van der Waals surface area (Å²) in [5, 5.41) is 25.4. The van der Waals surface area contributed by atoms with Crippen molar-refractivity contribution >= 4 is 33.8 Å². The molecule has 2 saturated heterocycles. The third kappa shape index (κ3) is 3.84. The summed E-state index contributed by atoms with van der Waals surface area (Å²) >= 11 is 1.43. The van der Waals surface area contributed by atoms with Crippen molar-refractivity contribution in [2.45, 2.75) is 30.9 Å². The maximum atomic E-state index is 12.9. The number of carbonyl (C=O) groups is 1. The van der Waals surface area contributed by atoms with Crippen molar-refractivity contribution in [1.82, 2.24) is 24.7 Å². The van der Waals surface area contributed by atoms with E-state index in [1.165, 1.54) is 11.3 Å². The molecule has 2 fully saturated rings. The van der Waals surface area contributed by atoms with Gasteiger partial charge in [0.2, 0.25) is 0 Å². The highest BCUT2D eigenvalue weighted by molar-refractivity contribution is 7.13. The number of hydrogen-bond donors (Lipinski definition) is 3. The summed E-state index contributed by atoms with van der Waals surface area (Å²) in [5.74, 6) is 0.447. The zero-order chi connectivity index (χ0) is 21.4. The Hall–Kier alpha value is -2.76. The molecule has 2 aliphatic heterocycles. The van der Waals surface area contributed by atoms with Gasteiger partial charge >= 0.3 is 0 Å². The molecule has 3 aromatic rings. The van der Waals surface area contributed by atoms with Gasteiger partial charge in [0.1, 0.15) is 5.69 Å². The number of hydrogen-bond acceptors (Lipinski definition) is 9. The lowest BCUT2D eigenvalue weighted by molar-refractivity contribution is 0.0850. The Morgan fingerprint density at radius 1 is 1.19 bits per heavy atom. The van der Waals surface area contributed by atoms with Gasteiger partial charge in [-0.3, -0.25) is 4.79 Å². The molecule has 11 heteroatoms. The van der Waals surface area contributed by atoms with Gasteiger partial charge in [0.15, 0.2) is 16.6 Å². The van der Waals surface area contributed by atoms with Crippen molar-refractivity contribution in [3.63, 3.8) is 0 Å². The van der Waals surface area contributed by atoms with Gasteiger partial charge < -0.3 is 29.7 Å². The molecule has 164 valence electrons. The maximum Gasteiger partial charge on any atom is 0.271 e. The number of carbonyl (C=O) groups excluding carboxylic acids is 1. The first-order chi connectivity index (χ1) is 15.1. The summed E-state index contributed by atoms with van der Waals surface area (Å²) in [6.07, 6.45) is 8.91. The molecule has 1 atom stereocenters. The molecular formula is C20H25N7O3S. The number of anilines is 2. The molecule has 5 heterocycles. The second kappa shape index (κ2) is 8.06. The number of amides is 1. The van der Waals surface area contributed by atoms with E-state index in [0.29, 0.717) is 38.0 Å². The fourth-order valence-electron chi connectivity index (χ4n) is 4.26. The molecule has 3 N–H and O–H groups in total. The van der Waals surface area contributed by atoms with Crippen LogP contribution in [-0.2, 0) is 0 Å². The van der Waals surface area contributed by atoms with Crippen LogP contribution in [0.1, 0.15) is 29.8 Å². The van der Waals surface area contributed by atoms with Gasteiger partial charge in [-0.05, 0) is 19.3 Å². The van der Waals surface area contributed by atoms with Gasteiger partial charge in [0.05, 0.1) is 18.2 Å². The Kier molecular flexibility index (Phi) is 5.24. The van der Waals surface area contributed by atoms with E-state index < -0.39 is 5.54 Å². The number of imidazole rings is 1. The highest BCUT2D eigenvalue weighted by atomic mass is 32.1. The molecule has 5 rings (SSSR count). The second-order valence-electron chi connectivity index (χ2n) is 8.21. The van der Waals surface area contributed by atoms with E-state index in [0.717, 1.165) is 29.7 Å². The minimum absolute atomic E-state index is 0.173. The van der Waals surface area contributed by atoms with Crippen molar-refractivity contribution < 1.29 is 15.0 Å². The van der Waals surface area contributed by atoms with Crippen LogP contribution in [0.4, 0.5) is 10.9 Å². The molecule has 0 aliphatic carbocycles. The number of nitrogens with zero attached hydrogens (tertiary/aromatic N) is 6. The van der Waals surface area contributed by atoms with Gasteiger partial charge in [-0.25, -0.2) is 15.0 Å². The predicted octanol–water partition coefficient (Wildman–Crippen LogP) is 0.518.